The summed E-state index contributed by atoms with van der Waals surface area (Å²) in [4.78, 5) is 16.6. The molecule has 0 amide bonds. The summed E-state index contributed by atoms with van der Waals surface area (Å²) < 4.78 is 8.13. The molecule has 0 saturated heterocycles. The minimum Gasteiger partial charge on any atom is -0.489 e. The normalized spacial score (nSPS) is 11.5. The van der Waals surface area contributed by atoms with E-state index in [0.29, 0.717) is 6.61 Å². The van der Waals surface area contributed by atoms with Crippen molar-refractivity contribution in [3.63, 3.8) is 0 Å². The number of carboxylic acid groups (broad SMARTS) is 1. The molecule has 4 rings (SSSR count). The number of hydrogen-bond acceptors (Lipinski definition) is 4. The number of ether oxygens (including phenoxy) is 1. The van der Waals surface area contributed by atoms with Gasteiger partial charge in [0.25, 0.3) is 0 Å². The van der Waals surface area contributed by atoms with Crippen LogP contribution in [-0.2, 0) is 13.2 Å². The van der Waals surface area contributed by atoms with Gasteiger partial charge in [0.2, 0.25) is 0 Å². The third kappa shape index (κ3) is 4.92. The van der Waals surface area contributed by atoms with Crippen LogP contribution in [0.1, 0.15) is 22.8 Å². The average Bonchev–Trinajstić information content (AvgIpc) is 3.21. The number of nitrogens with zero attached hydrogens (tertiary/aromatic N) is 2. The summed E-state index contributed by atoms with van der Waals surface area (Å²) in [7, 11) is 0. The molecule has 0 aliphatic heterocycles. The van der Waals surface area contributed by atoms with Gasteiger partial charge in [-0.3, -0.25) is 0 Å². The summed E-state index contributed by atoms with van der Waals surface area (Å²) in [6.07, 6.45) is 0. The zero-order chi connectivity index (χ0) is 21.6. The highest BCUT2D eigenvalue weighted by atomic mass is 32.1. The SMILES string of the molecule is CCn1c(-c2cccc(OCc3ccccc3)c2)csc1=Nc1ccc(C(=O)O)cc1. The third-order valence-corrected chi connectivity index (χ3v) is 5.69. The first kappa shape index (κ1) is 20.6. The van der Waals surface area contributed by atoms with Gasteiger partial charge in [-0.05, 0) is 48.9 Å². The van der Waals surface area contributed by atoms with Crippen molar-refractivity contribution < 1.29 is 14.6 Å². The molecule has 1 N–H and O–H groups in total. The largest absolute Gasteiger partial charge is 0.489 e. The van der Waals surface area contributed by atoms with Crippen LogP contribution in [0.2, 0.25) is 0 Å². The van der Waals surface area contributed by atoms with Gasteiger partial charge in [0.1, 0.15) is 12.4 Å². The molecular weight excluding hydrogens is 408 g/mol. The second-order valence-electron chi connectivity index (χ2n) is 6.91. The molecule has 0 aliphatic rings. The molecule has 0 saturated carbocycles. The molecule has 0 atom stereocenters. The molecule has 1 aromatic heterocycles. The predicted octanol–water partition coefficient (Wildman–Crippen LogP) is 5.75. The number of thiazole rings is 1. The van der Waals surface area contributed by atoms with Crippen LogP contribution in [0, 0.1) is 0 Å². The number of aromatic nitrogens is 1. The number of benzene rings is 3. The lowest BCUT2D eigenvalue weighted by Gasteiger charge is -2.10. The van der Waals surface area contributed by atoms with Crippen LogP contribution in [0.3, 0.4) is 0 Å². The fraction of sp³-hybridized carbons (Fsp3) is 0.120. The molecule has 0 fully saturated rings. The number of carboxylic acids is 1. The quantitative estimate of drug-likeness (QED) is 0.406. The molecule has 5 nitrogen and oxygen atoms in total. The third-order valence-electron chi connectivity index (χ3n) is 4.83. The van der Waals surface area contributed by atoms with Gasteiger partial charge in [0.05, 0.1) is 16.9 Å². The standard InChI is InChI=1S/C25H22N2O3S/c1-2-27-23(17-31-25(27)26-21-13-11-19(12-14-21)24(28)29)20-9-6-10-22(15-20)30-16-18-7-4-3-5-8-18/h3-15,17H,2,16H2,1H3,(H,28,29). The highest BCUT2D eigenvalue weighted by Gasteiger charge is 2.09. The van der Waals surface area contributed by atoms with Gasteiger partial charge in [-0.1, -0.05) is 42.5 Å². The molecule has 0 radical (unpaired) electrons. The van der Waals surface area contributed by atoms with Crippen LogP contribution in [0.5, 0.6) is 5.75 Å². The Morgan fingerprint density at radius 2 is 1.81 bits per heavy atom. The Bertz CT molecular complexity index is 1240. The summed E-state index contributed by atoms with van der Waals surface area (Å²) in [5.74, 6) is -0.124. The monoisotopic (exact) mass is 430 g/mol. The van der Waals surface area contributed by atoms with E-state index in [1.165, 1.54) is 0 Å². The summed E-state index contributed by atoms with van der Waals surface area (Å²) in [5.41, 5.74) is 4.23. The first-order valence-electron chi connectivity index (χ1n) is 9.97. The van der Waals surface area contributed by atoms with E-state index in [2.05, 4.69) is 22.9 Å². The zero-order valence-corrected chi connectivity index (χ0v) is 17.9. The molecule has 3 aromatic carbocycles. The van der Waals surface area contributed by atoms with Crippen molar-refractivity contribution in [2.75, 3.05) is 0 Å². The number of rotatable bonds is 7. The van der Waals surface area contributed by atoms with E-state index in [4.69, 9.17) is 14.8 Å². The van der Waals surface area contributed by atoms with Gasteiger partial charge in [-0.25, -0.2) is 9.79 Å². The van der Waals surface area contributed by atoms with Gasteiger partial charge in [0.15, 0.2) is 4.80 Å². The molecule has 0 aliphatic carbocycles. The minimum absolute atomic E-state index is 0.251. The lowest BCUT2D eigenvalue weighted by atomic mass is 10.1. The second kappa shape index (κ2) is 9.45. The van der Waals surface area contributed by atoms with E-state index >= 15 is 0 Å². The second-order valence-corrected chi connectivity index (χ2v) is 7.75. The molecule has 4 aromatic rings. The highest BCUT2D eigenvalue weighted by molar-refractivity contribution is 7.07. The molecule has 6 heteroatoms. The highest BCUT2D eigenvalue weighted by Crippen LogP contribution is 2.25. The maximum atomic E-state index is 11.0. The Morgan fingerprint density at radius 3 is 2.52 bits per heavy atom. The molecule has 156 valence electrons. The molecule has 0 spiro atoms. The zero-order valence-electron chi connectivity index (χ0n) is 17.1. The molecule has 1 heterocycles. The van der Waals surface area contributed by atoms with Gasteiger partial charge in [-0.2, -0.15) is 0 Å². The van der Waals surface area contributed by atoms with E-state index in [-0.39, 0.29) is 5.56 Å². The Morgan fingerprint density at radius 1 is 1.03 bits per heavy atom. The summed E-state index contributed by atoms with van der Waals surface area (Å²) in [6.45, 7) is 3.37. The first-order chi connectivity index (χ1) is 15.1. The van der Waals surface area contributed by atoms with Crippen molar-refractivity contribution >= 4 is 23.0 Å². The minimum atomic E-state index is -0.942. The molecule has 0 unspecified atom stereocenters. The Hall–Kier alpha value is -3.64. The van der Waals surface area contributed by atoms with Crippen molar-refractivity contribution in [1.29, 1.82) is 0 Å². The van der Waals surface area contributed by atoms with Crippen molar-refractivity contribution in [2.45, 2.75) is 20.1 Å². The van der Waals surface area contributed by atoms with E-state index in [1.54, 1.807) is 35.6 Å². The number of hydrogen-bond donors (Lipinski definition) is 1. The van der Waals surface area contributed by atoms with E-state index < -0.39 is 5.97 Å². The smallest absolute Gasteiger partial charge is 0.335 e. The lowest BCUT2D eigenvalue weighted by Crippen LogP contribution is -2.14. The van der Waals surface area contributed by atoms with Crippen LogP contribution >= 0.6 is 11.3 Å². The Kier molecular flexibility index (Phi) is 6.29. The van der Waals surface area contributed by atoms with Gasteiger partial charge >= 0.3 is 5.97 Å². The fourth-order valence-corrected chi connectivity index (χ4v) is 4.22. The first-order valence-corrected chi connectivity index (χ1v) is 10.9. The molecule has 31 heavy (non-hydrogen) atoms. The topological polar surface area (TPSA) is 63.8 Å². The van der Waals surface area contributed by atoms with Crippen LogP contribution in [0.4, 0.5) is 5.69 Å². The van der Waals surface area contributed by atoms with Gasteiger partial charge < -0.3 is 14.4 Å². The predicted molar refractivity (Wildman–Crippen MR) is 123 cm³/mol. The van der Waals surface area contributed by atoms with E-state index in [9.17, 15) is 4.79 Å². The summed E-state index contributed by atoms with van der Waals surface area (Å²) >= 11 is 1.56. The van der Waals surface area contributed by atoms with E-state index in [1.807, 2.05) is 48.5 Å². The van der Waals surface area contributed by atoms with Crippen LogP contribution in [-0.4, -0.2) is 15.6 Å². The van der Waals surface area contributed by atoms with Crippen molar-refractivity contribution in [1.82, 2.24) is 4.57 Å². The van der Waals surface area contributed by atoms with Crippen LogP contribution in [0.25, 0.3) is 11.3 Å². The van der Waals surface area contributed by atoms with Crippen molar-refractivity contribution in [2.24, 2.45) is 4.99 Å². The van der Waals surface area contributed by atoms with Gasteiger partial charge in [-0.15, -0.1) is 11.3 Å². The van der Waals surface area contributed by atoms with Crippen LogP contribution in [0.15, 0.2) is 89.2 Å². The molecular formula is C25H22N2O3S. The Labute approximate surface area is 184 Å². The van der Waals surface area contributed by atoms with Crippen LogP contribution < -0.4 is 9.54 Å². The fourth-order valence-electron chi connectivity index (χ4n) is 3.23. The maximum Gasteiger partial charge on any atom is 0.335 e. The number of carbonyl (C=O) groups is 1. The summed E-state index contributed by atoms with van der Waals surface area (Å²) in [6, 6.07) is 24.7. The summed E-state index contributed by atoms with van der Waals surface area (Å²) in [5, 5.41) is 11.1. The lowest BCUT2D eigenvalue weighted by molar-refractivity contribution is 0.0697. The van der Waals surface area contributed by atoms with Crippen molar-refractivity contribution in [3.05, 3.63) is 100 Å². The number of aromatic carboxylic acids is 1. The van der Waals surface area contributed by atoms with Crippen molar-refractivity contribution in [3.8, 4) is 17.0 Å². The average molecular weight is 431 g/mol. The van der Waals surface area contributed by atoms with Gasteiger partial charge in [0, 0.05) is 17.5 Å². The van der Waals surface area contributed by atoms with E-state index in [0.717, 1.165) is 39.6 Å². The molecule has 0 bridgehead atoms. The Balaban J connectivity index is 1.60. The maximum absolute atomic E-state index is 11.0.